The van der Waals surface area contributed by atoms with Crippen LogP contribution in [0.1, 0.15) is 58.8 Å². The number of hydrogen-bond acceptors (Lipinski definition) is 5. The molecule has 11 atom stereocenters. The molecule has 0 saturated heterocycles. The normalized spacial score (nSPS) is 58.6. The van der Waals surface area contributed by atoms with Gasteiger partial charge >= 0.3 is 0 Å². The summed E-state index contributed by atoms with van der Waals surface area (Å²) in [5.74, 6) is 6.54. The van der Waals surface area contributed by atoms with Gasteiger partial charge in [-0.15, -0.1) is 5.10 Å². The molecule has 6 nitrogen and oxygen atoms in total. The maximum Gasteiger partial charge on any atom is 0.161 e. The molecule has 0 radical (unpaired) electrons. The van der Waals surface area contributed by atoms with Crippen molar-refractivity contribution in [1.82, 2.24) is 20.2 Å². The van der Waals surface area contributed by atoms with E-state index in [2.05, 4.69) is 22.4 Å². The van der Waals surface area contributed by atoms with Crippen LogP contribution in [0.15, 0.2) is 6.33 Å². The quantitative estimate of drug-likeness (QED) is 0.850. The van der Waals surface area contributed by atoms with E-state index in [1.807, 2.05) is 6.92 Å². The Bertz CT molecular complexity index is 871. The average Bonchev–Trinajstić information content (AvgIpc) is 3.41. The topological polar surface area (TPSA) is 80.9 Å². The Labute approximate surface area is 171 Å². The zero-order valence-electron chi connectivity index (χ0n) is 17.5. The first-order valence-electron chi connectivity index (χ1n) is 11.8. The fourth-order valence-corrected chi connectivity index (χ4v) is 10.2. The molecule has 7 aliphatic rings. The summed E-state index contributed by atoms with van der Waals surface area (Å²) in [5.41, 5.74) is -0.290. The highest BCUT2D eigenvalue weighted by Gasteiger charge is 2.99. The molecule has 1 heterocycles. The van der Waals surface area contributed by atoms with E-state index in [1.165, 1.54) is 32.1 Å². The first kappa shape index (κ1) is 17.4. The summed E-state index contributed by atoms with van der Waals surface area (Å²) >= 11 is 0. The van der Waals surface area contributed by atoms with E-state index in [0.29, 0.717) is 24.2 Å². The van der Waals surface area contributed by atoms with Crippen LogP contribution in [0.3, 0.4) is 0 Å². The van der Waals surface area contributed by atoms with Gasteiger partial charge in [-0.2, -0.15) is 0 Å². The van der Waals surface area contributed by atoms with Gasteiger partial charge in [0.15, 0.2) is 5.78 Å². The van der Waals surface area contributed by atoms with Crippen molar-refractivity contribution in [3.63, 3.8) is 0 Å². The molecular formula is C23H32N4O2. The summed E-state index contributed by atoms with van der Waals surface area (Å²) < 4.78 is 1.62. The largest absolute Gasteiger partial charge is 0.390 e. The van der Waals surface area contributed by atoms with Crippen molar-refractivity contribution in [2.45, 2.75) is 70.9 Å². The number of Topliss-reactive ketones (excluding diaryl/α,β-unsaturated/α-hetero) is 1. The number of ketones is 1. The molecular weight excluding hydrogens is 364 g/mol. The number of tetrazole rings is 1. The van der Waals surface area contributed by atoms with Gasteiger partial charge in [0.05, 0.1) is 5.60 Å². The number of fused-ring (bicyclic) bond motifs is 3. The second kappa shape index (κ2) is 5.12. The fraction of sp³-hybridized carbons (Fsp3) is 0.913. The third kappa shape index (κ3) is 1.90. The summed E-state index contributed by atoms with van der Waals surface area (Å²) in [6, 6.07) is 0. The SMILES string of the molecule is C[C@@]1(O)CC[C@H]2[C@H](CC[C@@H]3[C@@H]2CC[C@@]2(C)[C@H]3C3C4[C@@H]3C42C(=O)Cn2cnnn2)C1. The molecule has 29 heavy (non-hydrogen) atoms. The highest BCUT2D eigenvalue weighted by atomic mass is 16.3. The number of nitrogens with zero attached hydrogens (tertiary/aromatic N) is 4. The van der Waals surface area contributed by atoms with Gasteiger partial charge in [-0.25, -0.2) is 4.68 Å². The van der Waals surface area contributed by atoms with Crippen LogP contribution in [0.2, 0.25) is 0 Å². The minimum Gasteiger partial charge on any atom is -0.390 e. The Kier molecular flexibility index (Phi) is 3.07. The van der Waals surface area contributed by atoms with Crippen LogP contribution in [-0.4, -0.2) is 36.7 Å². The van der Waals surface area contributed by atoms with Gasteiger partial charge in [-0.05, 0) is 115 Å². The molecule has 1 aromatic heterocycles. The van der Waals surface area contributed by atoms with Gasteiger partial charge in [0.1, 0.15) is 12.9 Å². The molecule has 0 aromatic carbocycles. The van der Waals surface area contributed by atoms with Crippen LogP contribution in [0, 0.1) is 58.2 Å². The summed E-state index contributed by atoms with van der Waals surface area (Å²) in [6.45, 7) is 4.87. The molecule has 156 valence electrons. The number of carbonyl (C=O) groups excluding carboxylic acids is 1. The van der Waals surface area contributed by atoms with E-state index in [4.69, 9.17) is 0 Å². The zero-order chi connectivity index (χ0) is 19.8. The predicted molar refractivity (Wildman–Crippen MR) is 104 cm³/mol. The molecule has 7 aliphatic carbocycles. The van der Waals surface area contributed by atoms with Gasteiger partial charge in [-0.3, -0.25) is 4.79 Å². The van der Waals surface area contributed by atoms with Gasteiger partial charge in [0.25, 0.3) is 0 Å². The Morgan fingerprint density at radius 1 is 1.07 bits per heavy atom. The molecule has 6 heteroatoms. The molecule has 8 rings (SSSR count). The summed E-state index contributed by atoms with van der Waals surface area (Å²) in [7, 11) is 0. The van der Waals surface area contributed by atoms with Crippen molar-refractivity contribution in [3.8, 4) is 0 Å². The first-order valence-corrected chi connectivity index (χ1v) is 11.8. The van der Waals surface area contributed by atoms with Crippen LogP contribution < -0.4 is 0 Å². The van der Waals surface area contributed by atoms with Crippen molar-refractivity contribution in [2.24, 2.45) is 58.2 Å². The number of rotatable bonds is 3. The number of carbonyl (C=O) groups is 1. The molecule has 7 saturated carbocycles. The average molecular weight is 397 g/mol. The lowest BCUT2D eigenvalue weighted by Crippen LogP contribution is -2.51. The number of aliphatic hydroxyl groups is 1. The zero-order valence-corrected chi connectivity index (χ0v) is 17.5. The van der Waals surface area contributed by atoms with Gasteiger partial charge in [0, 0.05) is 5.41 Å². The summed E-state index contributed by atoms with van der Waals surface area (Å²) in [4.78, 5) is 13.5. The highest BCUT2D eigenvalue weighted by Crippen LogP contribution is 2.99. The number of aromatic nitrogens is 4. The molecule has 3 unspecified atom stereocenters. The second-order valence-electron chi connectivity index (χ2n) is 12.0. The smallest absolute Gasteiger partial charge is 0.161 e. The lowest BCUT2D eigenvalue weighted by Gasteiger charge is -2.56. The Hall–Kier alpha value is -1.30. The van der Waals surface area contributed by atoms with E-state index < -0.39 is 5.60 Å². The van der Waals surface area contributed by atoms with Crippen molar-refractivity contribution in [3.05, 3.63) is 6.33 Å². The van der Waals surface area contributed by atoms with Gasteiger partial charge in [-0.1, -0.05) is 6.92 Å². The molecule has 0 spiro atoms. The van der Waals surface area contributed by atoms with Crippen LogP contribution >= 0.6 is 0 Å². The predicted octanol–water partition coefficient (Wildman–Crippen LogP) is 2.73. The van der Waals surface area contributed by atoms with Crippen LogP contribution in [0.5, 0.6) is 0 Å². The maximum atomic E-state index is 13.5. The molecule has 1 N–H and O–H groups in total. The van der Waals surface area contributed by atoms with Gasteiger partial charge in [0.2, 0.25) is 0 Å². The van der Waals surface area contributed by atoms with Gasteiger partial charge < -0.3 is 5.11 Å². The molecule has 7 fully saturated rings. The minimum atomic E-state index is -0.441. The Morgan fingerprint density at radius 2 is 1.86 bits per heavy atom. The maximum absolute atomic E-state index is 13.5. The minimum absolute atomic E-state index is 0.0493. The summed E-state index contributed by atoms with van der Waals surface area (Å²) in [6.07, 6.45) is 9.91. The van der Waals surface area contributed by atoms with E-state index in [-0.39, 0.29) is 10.8 Å². The van der Waals surface area contributed by atoms with Crippen molar-refractivity contribution in [2.75, 3.05) is 0 Å². The summed E-state index contributed by atoms with van der Waals surface area (Å²) in [5, 5.41) is 22.0. The third-order valence-corrected chi connectivity index (χ3v) is 11.0. The van der Waals surface area contributed by atoms with Crippen LogP contribution in [-0.2, 0) is 11.3 Å². The molecule has 0 amide bonds. The third-order valence-electron chi connectivity index (χ3n) is 11.0. The Balaban J connectivity index is 1.16. The Morgan fingerprint density at radius 3 is 2.62 bits per heavy atom. The van der Waals surface area contributed by atoms with Crippen LogP contribution in [0.25, 0.3) is 0 Å². The molecule has 2 bridgehead atoms. The van der Waals surface area contributed by atoms with E-state index in [9.17, 15) is 9.90 Å². The second-order valence-corrected chi connectivity index (χ2v) is 12.0. The monoisotopic (exact) mass is 396 g/mol. The van der Waals surface area contributed by atoms with Crippen molar-refractivity contribution in [1.29, 1.82) is 0 Å². The standard InChI is InChI=1S/C23H32N4O2/c1-21(29)7-5-13-12(9-21)3-4-15-14(13)6-8-22(2)18(15)17-19-20(17)23(19,22)16(28)10-27-11-24-25-26-27/h11-15,17-20,29H,3-10H2,1-2H3/t12-,13+,14-,15-,17?,18-,19-,20?,21-,22+,23?/m1/s1. The lowest BCUT2D eigenvalue weighted by atomic mass is 9.49. The van der Waals surface area contributed by atoms with Crippen LogP contribution in [0.4, 0.5) is 0 Å². The van der Waals surface area contributed by atoms with Crippen molar-refractivity contribution < 1.29 is 9.90 Å². The highest BCUT2D eigenvalue weighted by molar-refractivity contribution is 5.93. The lowest BCUT2D eigenvalue weighted by molar-refractivity contribution is -0.136. The van der Waals surface area contributed by atoms with E-state index >= 15 is 0 Å². The molecule has 1 aromatic rings. The van der Waals surface area contributed by atoms with E-state index in [1.54, 1.807) is 11.0 Å². The van der Waals surface area contributed by atoms with Crippen molar-refractivity contribution >= 4 is 5.78 Å². The fourth-order valence-electron chi connectivity index (χ4n) is 10.2. The first-order chi connectivity index (χ1) is 13.9. The molecule has 0 aliphatic heterocycles. The van der Waals surface area contributed by atoms with E-state index in [0.717, 1.165) is 48.3 Å². The number of hydrogen-bond donors (Lipinski definition) is 1.